The van der Waals surface area contributed by atoms with Crippen molar-refractivity contribution in [3.05, 3.63) is 40.5 Å². The van der Waals surface area contributed by atoms with E-state index in [9.17, 15) is 0 Å². The van der Waals surface area contributed by atoms with Gasteiger partial charge in [-0.1, -0.05) is 18.3 Å². The number of nitrogens with two attached hydrogens (primary N) is 1. The van der Waals surface area contributed by atoms with E-state index < -0.39 is 0 Å². The van der Waals surface area contributed by atoms with Gasteiger partial charge in [0.05, 0.1) is 12.2 Å². The Hall–Kier alpha value is -1.53. The predicted molar refractivity (Wildman–Crippen MR) is 69.6 cm³/mol. The number of hydrogen-bond donors (Lipinski definition) is 2. The number of pyridine rings is 1. The van der Waals surface area contributed by atoms with Crippen molar-refractivity contribution in [1.29, 1.82) is 0 Å². The van der Waals surface area contributed by atoms with Gasteiger partial charge in [0.25, 0.3) is 0 Å². The minimum atomic E-state index is 0.304. The van der Waals surface area contributed by atoms with Crippen molar-refractivity contribution in [2.45, 2.75) is 6.54 Å². The number of nitrogens with one attached hydrogen (secondary N) is 1. The van der Waals surface area contributed by atoms with Crippen LogP contribution in [-0.2, 0) is 6.54 Å². The summed E-state index contributed by atoms with van der Waals surface area (Å²) in [6.45, 7) is 0.658. The highest BCUT2D eigenvalue weighted by Gasteiger charge is 2.00. The van der Waals surface area contributed by atoms with E-state index in [1.807, 2.05) is 17.5 Å². The van der Waals surface area contributed by atoms with Crippen LogP contribution in [0, 0.1) is 0 Å². The monoisotopic (exact) mass is 250 g/mol. The van der Waals surface area contributed by atoms with Gasteiger partial charge in [0, 0.05) is 11.6 Å². The summed E-state index contributed by atoms with van der Waals surface area (Å²) in [5.41, 5.74) is 6.13. The van der Waals surface area contributed by atoms with Crippen LogP contribution < -0.4 is 11.1 Å². The van der Waals surface area contributed by atoms with E-state index in [4.69, 9.17) is 18.0 Å². The highest BCUT2D eigenvalue weighted by atomic mass is 32.1. The Balaban J connectivity index is 2.04. The fraction of sp³-hybridized carbons (Fsp3) is 0.100. The Labute approximate surface area is 103 Å². The quantitative estimate of drug-likeness (QED) is 0.810. The molecular formula is C10H10N4S2. The topological polar surface area (TPSA) is 63.8 Å². The van der Waals surface area contributed by atoms with Crippen LogP contribution in [0.5, 0.6) is 0 Å². The van der Waals surface area contributed by atoms with E-state index in [2.05, 4.69) is 15.3 Å². The molecule has 2 aromatic heterocycles. The van der Waals surface area contributed by atoms with Crippen LogP contribution in [0.15, 0.2) is 29.8 Å². The smallest absolute Gasteiger partial charge is 0.127 e. The molecule has 0 aliphatic heterocycles. The molecule has 4 nitrogen and oxygen atoms in total. The molecule has 0 aliphatic carbocycles. The molecule has 2 heterocycles. The van der Waals surface area contributed by atoms with Gasteiger partial charge < -0.3 is 11.1 Å². The molecule has 3 N–H and O–H groups in total. The Morgan fingerprint density at radius 1 is 1.50 bits per heavy atom. The number of rotatable bonds is 4. The summed E-state index contributed by atoms with van der Waals surface area (Å²) in [5.74, 6) is 0.750. The van der Waals surface area contributed by atoms with Gasteiger partial charge in [-0.25, -0.2) is 9.97 Å². The zero-order valence-electron chi connectivity index (χ0n) is 8.38. The molecule has 0 spiro atoms. The van der Waals surface area contributed by atoms with Gasteiger partial charge in [-0.05, 0) is 12.1 Å². The summed E-state index contributed by atoms with van der Waals surface area (Å²) in [6.07, 6.45) is 1.78. The molecule has 6 heteroatoms. The summed E-state index contributed by atoms with van der Waals surface area (Å²) < 4.78 is 0. The first kappa shape index (κ1) is 11.0. The number of nitrogens with zero attached hydrogens (tertiary/aromatic N) is 2. The third kappa shape index (κ3) is 2.74. The van der Waals surface area contributed by atoms with E-state index in [0.717, 1.165) is 10.8 Å². The summed E-state index contributed by atoms with van der Waals surface area (Å²) in [7, 11) is 0. The molecule has 0 saturated carbocycles. The molecule has 2 aromatic rings. The second-order valence-corrected chi connectivity index (χ2v) is 4.47. The molecule has 0 bridgehead atoms. The number of thiocarbonyl (C=S) groups is 1. The number of hydrogen-bond acceptors (Lipinski definition) is 5. The first-order valence-electron chi connectivity index (χ1n) is 4.65. The third-order valence-electron chi connectivity index (χ3n) is 1.91. The maximum atomic E-state index is 5.50. The molecule has 16 heavy (non-hydrogen) atoms. The van der Waals surface area contributed by atoms with Gasteiger partial charge in [0.15, 0.2) is 0 Å². The number of anilines is 1. The van der Waals surface area contributed by atoms with Crippen molar-refractivity contribution in [1.82, 2.24) is 9.97 Å². The fourth-order valence-electron chi connectivity index (χ4n) is 1.18. The average Bonchev–Trinajstić information content (AvgIpc) is 2.79. The van der Waals surface area contributed by atoms with Crippen LogP contribution in [0.1, 0.15) is 10.7 Å². The van der Waals surface area contributed by atoms with Crippen molar-refractivity contribution in [3.8, 4) is 0 Å². The largest absolute Gasteiger partial charge is 0.388 e. The molecule has 0 unspecified atom stereocenters. The lowest BCUT2D eigenvalue weighted by Gasteiger charge is -2.04. The van der Waals surface area contributed by atoms with Gasteiger partial charge in [0.2, 0.25) is 0 Å². The van der Waals surface area contributed by atoms with Crippen molar-refractivity contribution < 1.29 is 0 Å². The van der Waals surface area contributed by atoms with Crippen LogP contribution in [0.2, 0.25) is 0 Å². The molecule has 0 amide bonds. The van der Waals surface area contributed by atoms with Crippen LogP contribution in [0.3, 0.4) is 0 Å². The molecule has 0 aliphatic rings. The minimum absolute atomic E-state index is 0.304. The lowest BCUT2D eigenvalue weighted by atomic mass is 10.3. The van der Waals surface area contributed by atoms with Gasteiger partial charge in [-0.3, -0.25) is 0 Å². The molecule has 0 aromatic carbocycles. The zero-order chi connectivity index (χ0) is 11.4. The second kappa shape index (κ2) is 5.00. The van der Waals surface area contributed by atoms with Crippen molar-refractivity contribution in [3.63, 3.8) is 0 Å². The summed E-state index contributed by atoms with van der Waals surface area (Å²) in [4.78, 5) is 8.74. The Bertz CT molecular complexity index is 481. The Kier molecular flexibility index (Phi) is 3.43. The van der Waals surface area contributed by atoms with E-state index >= 15 is 0 Å². The summed E-state index contributed by atoms with van der Waals surface area (Å²) >= 11 is 6.46. The predicted octanol–water partition coefficient (Wildman–Crippen LogP) is 1.78. The second-order valence-electron chi connectivity index (χ2n) is 3.05. The molecule has 0 radical (unpaired) electrons. The Morgan fingerprint density at radius 2 is 2.38 bits per heavy atom. The van der Waals surface area contributed by atoms with Gasteiger partial charge in [-0.15, -0.1) is 11.3 Å². The van der Waals surface area contributed by atoms with Crippen LogP contribution in [0.4, 0.5) is 5.82 Å². The van der Waals surface area contributed by atoms with Crippen LogP contribution in [0.25, 0.3) is 0 Å². The number of aromatic nitrogens is 2. The minimum Gasteiger partial charge on any atom is -0.388 e. The summed E-state index contributed by atoms with van der Waals surface area (Å²) in [6, 6.07) is 5.53. The standard InChI is InChI=1S/C10H10N4S2/c11-10(15)7-2-1-3-8(14-7)13-6-9-12-4-5-16-9/h1-5H,6H2,(H2,11,15)(H,13,14). The van der Waals surface area contributed by atoms with Gasteiger partial charge >= 0.3 is 0 Å². The molecule has 0 atom stereocenters. The van der Waals surface area contributed by atoms with Gasteiger partial charge in [-0.2, -0.15) is 0 Å². The molecule has 2 rings (SSSR count). The van der Waals surface area contributed by atoms with Crippen molar-refractivity contribution >= 4 is 34.4 Å². The SMILES string of the molecule is NC(=S)c1cccc(NCc2nccs2)n1. The highest BCUT2D eigenvalue weighted by molar-refractivity contribution is 7.80. The zero-order valence-corrected chi connectivity index (χ0v) is 10.0. The van der Waals surface area contributed by atoms with E-state index in [0.29, 0.717) is 17.2 Å². The Morgan fingerprint density at radius 3 is 3.06 bits per heavy atom. The van der Waals surface area contributed by atoms with E-state index in [1.165, 1.54) is 0 Å². The average molecular weight is 250 g/mol. The lowest BCUT2D eigenvalue weighted by molar-refractivity contribution is 1.08. The third-order valence-corrected chi connectivity index (χ3v) is 2.89. The van der Waals surface area contributed by atoms with Crippen molar-refractivity contribution in [2.75, 3.05) is 5.32 Å². The van der Waals surface area contributed by atoms with Crippen molar-refractivity contribution in [2.24, 2.45) is 5.73 Å². The summed E-state index contributed by atoms with van der Waals surface area (Å²) in [5, 5.41) is 6.12. The van der Waals surface area contributed by atoms with Crippen LogP contribution in [-0.4, -0.2) is 15.0 Å². The first-order valence-corrected chi connectivity index (χ1v) is 5.93. The maximum Gasteiger partial charge on any atom is 0.127 e. The maximum absolute atomic E-state index is 5.50. The molecule has 0 saturated heterocycles. The lowest BCUT2D eigenvalue weighted by Crippen LogP contribution is -2.12. The molecule has 0 fully saturated rings. The molecular weight excluding hydrogens is 240 g/mol. The number of thiazole rings is 1. The first-order chi connectivity index (χ1) is 7.75. The fourth-order valence-corrected chi connectivity index (χ4v) is 1.85. The van der Waals surface area contributed by atoms with E-state index in [-0.39, 0.29) is 0 Å². The van der Waals surface area contributed by atoms with Gasteiger partial charge in [0.1, 0.15) is 15.8 Å². The van der Waals surface area contributed by atoms with E-state index in [1.54, 1.807) is 23.6 Å². The molecule has 82 valence electrons. The normalized spacial score (nSPS) is 10.0. The highest BCUT2D eigenvalue weighted by Crippen LogP contribution is 2.09. The van der Waals surface area contributed by atoms with Crippen LogP contribution >= 0.6 is 23.6 Å².